The first-order chi connectivity index (χ1) is 13.0. The second kappa shape index (κ2) is 9.34. The number of sulfonamides is 1. The van der Waals surface area contributed by atoms with E-state index in [0.29, 0.717) is 6.54 Å². The molecule has 27 heavy (non-hydrogen) atoms. The minimum absolute atomic E-state index is 0.197. The zero-order valence-corrected chi connectivity index (χ0v) is 16.7. The molecule has 1 aliphatic rings. The van der Waals surface area contributed by atoms with Gasteiger partial charge in [-0.15, -0.1) is 11.3 Å². The van der Waals surface area contributed by atoms with E-state index in [-0.39, 0.29) is 22.8 Å². The number of hydrogen-bond acceptors (Lipinski definition) is 5. The molecule has 6 nitrogen and oxygen atoms in total. The summed E-state index contributed by atoms with van der Waals surface area (Å²) in [4.78, 5) is 12.0. The third-order valence-electron chi connectivity index (χ3n) is 4.43. The largest absolute Gasteiger partial charge is 0.490 e. The van der Waals surface area contributed by atoms with Crippen LogP contribution in [0, 0.1) is 0 Å². The number of carbonyl (C=O) groups excluding carboxylic acids is 1. The fourth-order valence-electron chi connectivity index (χ4n) is 3.02. The van der Waals surface area contributed by atoms with E-state index in [2.05, 4.69) is 10.0 Å². The van der Waals surface area contributed by atoms with Gasteiger partial charge in [0.05, 0.1) is 12.6 Å². The lowest BCUT2D eigenvalue weighted by molar-refractivity contribution is -0.120. The lowest BCUT2D eigenvalue weighted by Gasteiger charge is -2.23. The highest BCUT2D eigenvalue weighted by atomic mass is 32.2. The standard InChI is InChI=1S/C19H24N2O4S2/c22-18(14-21-27(23,24)19-10-5-11-26-19)20-13-15-6-4-9-17(12-15)25-16-7-2-1-3-8-16/h4-6,9-12,16,21H,1-3,7-8,13-14H2,(H,20,22). The molecule has 0 spiro atoms. The fourth-order valence-corrected chi connectivity index (χ4v) is 5.04. The van der Waals surface area contributed by atoms with Gasteiger partial charge < -0.3 is 10.1 Å². The van der Waals surface area contributed by atoms with Crippen molar-refractivity contribution in [1.82, 2.24) is 10.0 Å². The summed E-state index contributed by atoms with van der Waals surface area (Å²) in [5.41, 5.74) is 0.915. The molecule has 2 N–H and O–H groups in total. The highest BCUT2D eigenvalue weighted by Crippen LogP contribution is 2.24. The Kier molecular flexibility index (Phi) is 6.87. The monoisotopic (exact) mass is 408 g/mol. The summed E-state index contributed by atoms with van der Waals surface area (Å²) < 4.78 is 32.6. The van der Waals surface area contributed by atoms with Crippen LogP contribution in [0.15, 0.2) is 46.0 Å². The van der Waals surface area contributed by atoms with Gasteiger partial charge in [0.15, 0.2) is 0 Å². The maximum Gasteiger partial charge on any atom is 0.250 e. The van der Waals surface area contributed by atoms with Crippen molar-refractivity contribution in [3.8, 4) is 5.75 Å². The van der Waals surface area contributed by atoms with Crippen LogP contribution in [0.2, 0.25) is 0 Å². The third kappa shape index (κ3) is 6.05. The van der Waals surface area contributed by atoms with Crippen LogP contribution in [0.25, 0.3) is 0 Å². The first-order valence-electron chi connectivity index (χ1n) is 9.08. The van der Waals surface area contributed by atoms with Crippen LogP contribution < -0.4 is 14.8 Å². The second-order valence-corrected chi connectivity index (χ2v) is 9.50. The van der Waals surface area contributed by atoms with Crippen molar-refractivity contribution in [3.05, 3.63) is 47.3 Å². The summed E-state index contributed by atoms with van der Waals surface area (Å²) in [6.07, 6.45) is 6.15. The molecule has 1 aromatic heterocycles. The number of ether oxygens (including phenoxy) is 1. The molecule has 1 aliphatic carbocycles. The Balaban J connectivity index is 1.46. The van der Waals surface area contributed by atoms with Gasteiger partial charge in [0, 0.05) is 6.54 Å². The van der Waals surface area contributed by atoms with E-state index in [1.165, 1.54) is 25.3 Å². The molecule has 2 aromatic rings. The maximum atomic E-state index is 12.0. The van der Waals surface area contributed by atoms with E-state index in [1.54, 1.807) is 11.4 Å². The van der Waals surface area contributed by atoms with Crippen molar-refractivity contribution in [2.24, 2.45) is 0 Å². The molecule has 0 radical (unpaired) electrons. The SMILES string of the molecule is O=C(CNS(=O)(=O)c1cccs1)NCc1cccc(OC2CCCCC2)c1. The molecule has 0 aliphatic heterocycles. The summed E-state index contributed by atoms with van der Waals surface area (Å²) in [5.74, 6) is 0.431. The Morgan fingerprint density at radius 3 is 2.70 bits per heavy atom. The summed E-state index contributed by atoms with van der Waals surface area (Å²) in [7, 11) is -3.63. The Labute approximate surface area is 164 Å². The van der Waals surface area contributed by atoms with E-state index in [0.717, 1.165) is 35.5 Å². The Morgan fingerprint density at radius 2 is 1.96 bits per heavy atom. The average Bonchev–Trinajstić information content (AvgIpc) is 3.22. The Morgan fingerprint density at radius 1 is 1.15 bits per heavy atom. The number of hydrogen-bond donors (Lipinski definition) is 2. The molecule has 1 aromatic carbocycles. The normalized spacial score (nSPS) is 15.4. The van der Waals surface area contributed by atoms with Crippen LogP contribution in [0.4, 0.5) is 0 Å². The van der Waals surface area contributed by atoms with Crippen molar-refractivity contribution in [2.45, 2.75) is 49.0 Å². The molecular weight excluding hydrogens is 384 g/mol. The minimum Gasteiger partial charge on any atom is -0.490 e. The quantitative estimate of drug-likeness (QED) is 0.703. The lowest BCUT2D eigenvalue weighted by atomic mass is 9.98. The van der Waals surface area contributed by atoms with Crippen molar-refractivity contribution in [3.63, 3.8) is 0 Å². The smallest absolute Gasteiger partial charge is 0.250 e. The first kappa shape index (κ1) is 19.9. The van der Waals surface area contributed by atoms with Crippen molar-refractivity contribution in [1.29, 1.82) is 0 Å². The maximum absolute atomic E-state index is 12.0. The number of nitrogens with one attached hydrogen (secondary N) is 2. The minimum atomic E-state index is -3.63. The second-order valence-electron chi connectivity index (χ2n) is 6.56. The van der Waals surface area contributed by atoms with Gasteiger partial charge in [-0.3, -0.25) is 4.79 Å². The highest BCUT2D eigenvalue weighted by Gasteiger charge is 2.17. The molecular formula is C19H24N2O4S2. The molecule has 0 atom stereocenters. The van der Waals surface area contributed by atoms with Crippen molar-refractivity contribution in [2.75, 3.05) is 6.54 Å². The van der Waals surface area contributed by atoms with Crippen molar-refractivity contribution < 1.29 is 17.9 Å². The molecule has 146 valence electrons. The van der Waals surface area contributed by atoms with Crippen LogP contribution in [0.3, 0.4) is 0 Å². The number of benzene rings is 1. The Bertz CT molecular complexity index is 844. The molecule has 0 saturated heterocycles. The molecule has 1 saturated carbocycles. The van der Waals surface area contributed by atoms with Gasteiger partial charge in [0.1, 0.15) is 9.96 Å². The van der Waals surface area contributed by atoms with Crippen LogP contribution in [0.1, 0.15) is 37.7 Å². The zero-order chi connectivity index (χ0) is 19.1. The molecule has 1 fully saturated rings. The molecule has 0 unspecified atom stereocenters. The van der Waals surface area contributed by atoms with Gasteiger partial charge >= 0.3 is 0 Å². The van der Waals surface area contributed by atoms with Crippen LogP contribution in [-0.4, -0.2) is 27.0 Å². The van der Waals surface area contributed by atoms with Crippen LogP contribution in [0.5, 0.6) is 5.75 Å². The predicted octanol–water partition coefficient (Wildman–Crippen LogP) is 3.05. The molecule has 8 heteroatoms. The van der Waals surface area contributed by atoms with Crippen molar-refractivity contribution >= 4 is 27.3 Å². The van der Waals surface area contributed by atoms with Gasteiger partial charge in [0.25, 0.3) is 10.0 Å². The van der Waals surface area contributed by atoms with E-state index in [9.17, 15) is 13.2 Å². The average molecular weight is 409 g/mol. The molecule has 3 rings (SSSR count). The number of rotatable bonds is 8. The summed E-state index contributed by atoms with van der Waals surface area (Å²) >= 11 is 1.11. The van der Waals surface area contributed by atoms with Gasteiger partial charge in [-0.05, 0) is 54.8 Å². The van der Waals surface area contributed by atoms with Gasteiger partial charge in [-0.2, -0.15) is 0 Å². The van der Waals surface area contributed by atoms with E-state index < -0.39 is 10.0 Å². The summed E-state index contributed by atoms with van der Waals surface area (Å²) in [6, 6.07) is 10.8. The van der Waals surface area contributed by atoms with E-state index >= 15 is 0 Å². The van der Waals surface area contributed by atoms with Gasteiger partial charge in [-0.25, -0.2) is 13.1 Å². The van der Waals surface area contributed by atoms with Crippen LogP contribution in [-0.2, 0) is 21.4 Å². The topological polar surface area (TPSA) is 84.5 Å². The zero-order valence-electron chi connectivity index (χ0n) is 15.0. The molecule has 1 heterocycles. The lowest BCUT2D eigenvalue weighted by Crippen LogP contribution is -2.36. The predicted molar refractivity (Wildman–Crippen MR) is 105 cm³/mol. The number of thiophene rings is 1. The fraction of sp³-hybridized carbons (Fsp3) is 0.421. The first-order valence-corrected chi connectivity index (χ1v) is 11.4. The summed E-state index contributed by atoms with van der Waals surface area (Å²) in [5, 5.41) is 4.41. The molecule has 1 amide bonds. The van der Waals surface area contributed by atoms with Crippen LogP contribution >= 0.6 is 11.3 Å². The van der Waals surface area contributed by atoms with E-state index in [4.69, 9.17) is 4.74 Å². The number of carbonyl (C=O) groups is 1. The van der Waals surface area contributed by atoms with Gasteiger partial charge in [0.2, 0.25) is 5.91 Å². The Hall–Kier alpha value is -1.90. The summed E-state index contributed by atoms with van der Waals surface area (Å²) in [6.45, 7) is 0.0277. The highest BCUT2D eigenvalue weighted by molar-refractivity contribution is 7.91. The van der Waals surface area contributed by atoms with Gasteiger partial charge in [-0.1, -0.05) is 24.6 Å². The number of amides is 1. The van der Waals surface area contributed by atoms with E-state index in [1.807, 2.05) is 24.3 Å². The third-order valence-corrected chi connectivity index (χ3v) is 7.22. The molecule has 0 bridgehead atoms.